The van der Waals surface area contributed by atoms with Crippen molar-refractivity contribution in [2.75, 3.05) is 14.2 Å². The summed E-state index contributed by atoms with van der Waals surface area (Å²) >= 11 is 0. The highest BCUT2D eigenvalue weighted by Gasteiger charge is 2.56. The molecule has 0 aromatic carbocycles. The second-order valence-electron chi connectivity index (χ2n) is 5.04. The molecule has 0 N–H and O–H groups in total. The largest absolute Gasteiger partial charge is 0.469 e. The van der Waals surface area contributed by atoms with Gasteiger partial charge in [-0.05, 0) is 38.5 Å². The van der Waals surface area contributed by atoms with E-state index in [4.69, 9.17) is 9.47 Å². The lowest BCUT2D eigenvalue weighted by molar-refractivity contribution is -0.150. The van der Waals surface area contributed by atoms with Crippen molar-refractivity contribution in [3.05, 3.63) is 0 Å². The van der Waals surface area contributed by atoms with Gasteiger partial charge in [-0.15, -0.1) is 0 Å². The number of methoxy groups -OCH3 is 2. The van der Waals surface area contributed by atoms with Gasteiger partial charge in [0.2, 0.25) is 0 Å². The van der Waals surface area contributed by atoms with E-state index in [0.717, 1.165) is 38.5 Å². The van der Waals surface area contributed by atoms with E-state index in [2.05, 4.69) is 0 Å². The van der Waals surface area contributed by atoms with Crippen LogP contribution in [0.15, 0.2) is 0 Å². The van der Waals surface area contributed by atoms with E-state index in [1.54, 1.807) is 0 Å². The van der Waals surface area contributed by atoms with Crippen molar-refractivity contribution in [1.82, 2.24) is 0 Å². The molecule has 2 saturated carbocycles. The molecule has 0 atom stereocenters. The van der Waals surface area contributed by atoms with Crippen molar-refractivity contribution in [3.63, 3.8) is 0 Å². The van der Waals surface area contributed by atoms with Gasteiger partial charge in [0.05, 0.1) is 25.0 Å². The molecule has 2 rings (SSSR count). The zero-order valence-corrected chi connectivity index (χ0v) is 9.88. The maximum Gasteiger partial charge on any atom is 0.311 e. The standard InChI is InChI=1S/C12H18O4/c1-15-9(13)11(3-4-11)7-8-12(5-6-12)10(14)16-2/h3-8H2,1-2H3. The van der Waals surface area contributed by atoms with Gasteiger partial charge >= 0.3 is 11.9 Å². The average molecular weight is 226 g/mol. The van der Waals surface area contributed by atoms with Crippen LogP contribution in [0.3, 0.4) is 0 Å². The topological polar surface area (TPSA) is 52.6 Å². The number of hydrogen-bond donors (Lipinski definition) is 0. The van der Waals surface area contributed by atoms with Crippen LogP contribution >= 0.6 is 0 Å². The zero-order valence-electron chi connectivity index (χ0n) is 9.88. The van der Waals surface area contributed by atoms with Crippen molar-refractivity contribution >= 4 is 11.9 Å². The van der Waals surface area contributed by atoms with Crippen LogP contribution in [0.4, 0.5) is 0 Å². The van der Waals surface area contributed by atoms with Crippen molar-refractivity contribution in [2.24, 2.45) is 10.8 Å². The van der Waals surface area contributed by atoms with Crippen LogP contribution in [-0.4, -0.2) is 26.2 Å². The molecule has 0 aromatic rings. The third-order valence-electron chi connectivity index (χ3n) is 4.03. The first kappa shape index (κ1) is 11.4. The Bertz CT molecular complexity index is 281. The molecule has 2 fully saturated rings. The summed E-state index contributed by atoms with van der Waals surface area (Å²) in [4.78, 5) is 23.1. The van der Waals surface area contributed by atoms with Crippen molar-refractivity contribution in [2.45, 2.75) is 38.5 Å². The second kappa shape index (κ2) is 3.75. The quantitative estimate of drug-likeness (QED) is 0.669. The molecule has 0 unspecified atom stereocenters. The molecule has 0 radical (unpaired) electrons. The number of carbonyl (C=O) groups is 2. The summed E-state index contributed by atoms with van der Waals surface area (Å²) in [6.07, 6.45) is 5.12. The highest BCUT2D eigenvalue weighted by atomic mass is 16.5. The van der Waals surface area contributed by atoms with Gasteiger partial charge in [-0.3, -0.25) is 9.59 Å². The lowest BCUT2D eigenvalue weighted by Crippen LogP contribution is -2.23. The Labute approximate surface area is 95.3 Å². The molecule has 4 heteroatoms. The molecule has 0 bridgehead atoms. The van der Waals surface area contributed by atoms with Gasteiger partial charge in [0.25, 0.3) is 0 Å². The number of rotatable bonds is 5. The van der Waals surface area contributed by atoms with Crippen LogP contribution in [-0.2, 0) is 19.1 Å². The minimum Gasteiger partial charge on any atom is -0.469 e. The molecular weight excluding hydrogens is 208 g/mol. The first-order chi connectivity index (χ1) is 7.58. The fourth-order valence-corrected chi connectivity index (χ4v) is 2.33. The Morgan fingerprint density at radius 2 is 1.19 bits per heavy atom. The van der Waals surface area contributed by atoms with Crippen LogP contribution < -0.4 is 0 Å². The number of ether oxygens (including phenoxy) is 2. The Morgan fingerprint density at radius 1 is 0.875 bits per heavy atom. The fraction of sp³-hybridized carbons (Fsp3) is 0.833. The van der Waals surface area contributed by atoms with Gasteiger partial charge in [0, 0.05) is 0 Å². The minimum atomic E-state index is -0.279. The van der Waals surface area contributed by atoms with Crippen LogP contribution in [0, 0.1) is 10.8 Å². The number of carbonyl (C=O) groups excluding carboxylic acids is 2. The average Bonchev–Trinajstić information content (AvgIpc) is 3.18. The maximum absolute atomic E-state index is 11.5. The van der Waals surface area contributed by atoms with Gasteiger partial charge in [0.1, 0.15) is 0 Å². The summed E-state index contributed by atoms with van der Waals surface area (Å²) in [5, 5.41) is 0. The second-order valence-corrected chi connectivity index (χ2v) is 5.04. The fourth-order valence-electron chi connectivity index (χ4n) is 2.33. The Hall–Kier alpha value is -1.06. The first-order valence-electron chi connectivity index (χ1n) is 5.75. The molecule has 4 nitrogen and oxygen atoms in total. The normalized spacial score (nSPS) is 23.4. The van der Waals surface area contributed by atoms with Gasteiger partial charge in [-0.25, -0.2) is 0 Å². The lowest BCUT2D eigenvalue weighted by atomic mass is 9.91. The van der Waals surface area contributed by atoms with Crippen molar-refractivity contribution in [3.8, 4) is 0 Å². The van der Waals surface area contributed by atoms with Crippen LogP contribution in [0.1, 0.15) is 38.5 Å². The summed E-state index contributed by atoms with van der Waals surface area (Å²) in [7, 11) is 2.85. The van der Waals surface area contributed by atoms with E-state index in [0.29, 0.717) is 0 Å². The van der Waals surface area contributed by atoms with Crippen molar-refractivity contribution < 1.29 is 19.1 Å². The predicted molar refractivity (Wildman–Crippen MR) is 56.6 cm³/mol. The van der Waals surface area contributed by atoms with E-state index in [9.17, 15) is 9.59 Å². The highest BCUT2D eigenvalue weighted by molar-refractivity contribution is 5.81. The summed E-state index contributed by atoms with van der Waals surface area (Å²) < 4.78 is 9.59. The highest BCUT2D eigenvalue weighted by Crippen LogP contribution is 2.57. The molecular formula is C12H18O4. The monoisotopic (exact) mass is 226 g/mol. The molecule has 0 amide bonds. The van der Waals surface area contributed by atoms with E-state index in [-0.39, 0.29) is 22.8 Å². The summed E-state index contributed by atoms with van der Waals surface area (Å²) in [5.74, 6) is -0.235. The third kappa shape index (κ3) is 1.81. The van der Waals surface area contributed by atoms with Crippen molar-refractivity contribution in [1.29, 1.82) is 0 Å². The van der Waals surface area contributed by atoms with Crippen LogP contribution in [0.2, 0.25) is 0 Å². The molecule has 0 heterocycles. The molecule has 16 heavy (non-hydrogen) atoms. The summed E-state index contributed by atoms with van der Waals surface area (Å²) in [5.41, 5.74) is -0.559. The lowest BCUT2D eigenvalue weighted by Gasteiger charge is -2.16. The van der Waals surface area contributed by atoms with Crippen LogP contribution in [0.25, 0.3) is 0 Å². The predicted octanol–water partition coefficient (Wildman–Crippen LogP) is 1.67. The Kier molecular flexibility index (Phi) is 2.68. The number of hydrogen-bond acceptors (Lipinski definition) is 4. The molecule has 2 aliphatic carbocycles. The van der Waals surface area contributed by atoms with Gasteiger partial charge in [-0.2, -0.15) is 0 Å². The summed E-state index contributed by atoms with van der Waals surface area (Å²) in [6.45, 7) is 0. The van der Waals surface area contributed by atoms with Gasteiger partial charge < -0.3 is 9.47 Å². The van der Waals surface area contributed by atoms with E-state index < -0.39 is 0 Å². The molecule has 0 saturated heterocycles. The van der Waals surface area contributed by atoms with E-state index in [1.807, 2.05) is 0 Å². The van der Waals surface area contributed by atoms with Gasteiger partial charge in [0.15, 0.2) is 0 Å². The van der Waals surface area contributed by atoms with Crippen LogP contribution in [0.5, 0.6) is 0 Å². The Balaban J connectivity index is 1.89. The van der Waals surface area contributed by atoms with E-state index in [1.165, 1.54) is 14.2 Å². The smallest absolute Gasteiger partial charge is 0.311 e. The van der Waals surface area contributed by atoms with Gasteiger partial charge in [-0.1, -0.05) is 0 Å². The maximum atomic E-state index is 11.5. The minimum absolute atomic E-state index is 0.117. The number of esters is 2. The molecule has 2 aliphatic rings. The third-order valence-corrected chi connectivity index (χ3v) is 4.03. The SMILES string of the molecule is COC(=O)C1(CCC2(C(=O)OC)CC2)CC1. The molecule has 90 valence electrons. The van der Waals surface area contributed by atoms with E-state index >= 15 is 0 Å². The first-order valence-corrected chi connectivity index (χ1v) is 5.75. The molecule has 0 aliphatic heterocycles. The molecule has 0 aromatic heterocycles. The Morgan fingerprint density at radius 3 is 1.38 bits per heavy atom. The molecule has 0 spiro atoms. The summed E-state index contributed by atoms with van der Waals surface area (Å²) in [6, 6.07) is 0. The zero-order chi connectivity index (χ0) is 11.8.